The van der Waals surface area contributed by atoms with Crippen LogP contribution in [0.25, 0.3) is 0 Å². The van der Waals surface area contributed by atoms with Gasteiger partial charge in [0.1, 0.15) is 0 Å². The van der Waals surface area contributed by atoms with E-state index in [1.54, 1.807) is 6.20 Å². The molecule has 0 fully saturated rings. The predicted octanol–water partition coefficient (Wildman–Crippen LogP) is 3.72. The quantitative estimate of drug-likeness (QED) is 0.416. The van der Waals surface area contributed by atoms with Gasteiger partial charge in [-0.2, -0.15) is 12.6 Å². The Morgan fingerprint density at radius 1 is 1.16 bits per heavy atom. The van der Waals surface area contributed by atoms with E-state index in [9.17, 15) is 9.59 Å². The Labute approximate surface area is 155 Å². The lowest BCUT2D eigenvalue weighted by molar-refractivity contribution is -0.118. The van der Waals surface area contributed by atoms with Crippen LogP contribution < -0.4 is 15.5 Å². The van der Waals surface area contributed by atoms with Crippen LogP contribution in [0.5, 0.6) is 0 Å². The van der Waals surface area contributed by atoms with E-state index in [2.05, 4.69) is 29.8 Å². The molecule has 25 heavy (non-hydrogen) atoms. The van der Waals surface area contributed by atoms with Crippen LogP contribution in [0.15, 0.2) is 49.3 Å². The summed E-state index contributed by atoms with van der Waals surface area (Å²) >= 11 is 3.89. The maximum Gasteiger partial charge on any atom is 0.229 e. The van der Waals surface area contributed by atoms with Crippen LogP contribution in [0.3, 0.4) is 0 Å². The lowest BCUT2D eigenvalue weighted by Crippen LogP contribution is -2.25. The highest BCUT2D eigenvalue weighted by molar-refractivity contribution is 7.81. The van der Waals surface area contributed by atoms with Crippen molar-refractivity contribution in [2.24, 2.45) is 0 Å². The lowest BCUT2D eigenvalue weighted by atomic mass is 10.2. The van der Waals surface area contributed by atoms with E-state index in [0.29, 0.717) is 13.0 Å². The zero-order chi connectivity index (χ0) is 18.5. The molecule has 0 heterocycles. The maximum absolute atomic E-state index is 11.9. The normalized spacial score (nSPS) is 10.5. The molecular weight excluding hydrogens is 334 g/mol. The van der Waals surface area contributed by atoms with Crippen molar-refractivity contribution in [1.82, 2.24) is 5.32 Å². The van der Waals surface area contributed by atoms with E-state index in [1.165, 1.54) is 0 Å². The van der Waals surface area contributed by atoms with Gasteiger partial charge in [0, 0.05) is 36.7 Å². The van der Waals surface area contributed by atoms with Crippen molar-refractivity contribution in [2.45, 2.75) is 32.6 Å². The average molecular weight is 362 g/mol. The molecule has 0 radical (unpaired) electrons. The molecular formula is C19H27N3O2S. The van der Waals surface area contributed by atoms with E-state index < -0.39 is 0 Å². The maximum atomic E-state index is 11.9. The number of allylic oxidation sites excluding steroid dienone is 1. The highest BCUT2D eigenvalue weighted by atomic mass is 32.1. The second kappa shape index (κ2) is 12.2. The fourth-order valence-corrected chi connectivity index (χ4v) is 2.34. The summed E-state index contributed by atoms with van der Waals surface area (Å²) in [6.45, 7) is 6.35. The van der Waals surface area contributed by atoms with Gasteiger partial charge >= 0.3 is 0 Å². The standard InChI is InChI=1S/C19H27N3O2S/c1-3-14-22(4-2)17-11-9-16(10-12-17)21-18(23)8-6-5-7-13-20-19(24)15-25/h3-4,9-12,14,25H,2,5-8,13,15H2,1H3,(H,20,24)(H,21,23)/b14-3-. The minimum absolute atomic E-state index is 0.00109. The molecule has 0 atom stereocenters. The number of nitrogens with zero attached hydrogens (tertiary/aromatic N) is 1. The van der Waals surface area contributed by atoms with Crippen molar-refractivity contribution in [1.29, 1.82) is 0 Å². The molecule has 0 aliphatic carbocycles. The summed E-state index contributed by atoms with van der Waals surface area (Å²) in [5, 5.41) is 5.65. The summed E-state index contributed by atoms with van der Waals surface area (Å²) in [5.41, 5.74) is 1.76. The molecule has 0 aliphatic heterocycles. The molecule has 0 aliphatic rings. The summed E-state index contributed by atoms with van der Waals surface area (Å²) in [7, 11) is 0. The van der Waals surface area contributed by atoms with Gasteiger partial charge in [-0.25, -0.2) is 0 Å². The van der Waals surface area contributed by atoms with Gasteiger partial charge in [-0.15, -0.1) is 0 Å². The molecule has 1 aromatic carbocycles. The van der Waals surface area contributed by atoms with Crippen LogP contribution in [0, 0.1) is 0 Å². The summed E-state index contributed by atoms with van der Waals surface area (Å²) < 4.78 is 0. The Morgan fingerprint density at radius 2 is 1.88 bits per heavy atom. The zero-order valence-electron chi connectivity index (χ0n) is 14.7. The van der Waals surface area contributed by atoms with Gasteiger partial charge in [0.05, 0.1) is 5.75 Å². The smallest absolute Gasteiger partial charge is 0.229 e. The van der Waals surface area contributed by atoms with Crippen molar-refractivity contribution >= 4 is 35.8 Å². The van der Waals surface area contributed by atoms with Crippen LogP contribution >= 0.6 is 12.6 Å². The van der Waals surface area contributed by atoms with E-state index in [-0.39, 0.29) is 17.6 Å². The Balaban J connectivity index is 2.30. The molecule has 0 saturated carbocycles. The molecule has 6 heteroatoms. The van der Waals surface area contributed by atoms with Crippen LogP contribution in [-0.4, -0.2) is 24.1 Å². The van der Waals surface area contributed by atoms with Crippen LogP contribution in [0.2, 0.25) is 0 Å². The number of benzene rings is 1. The number of carbonyl (C=O) groups is 2. The first-order chi connectivity index (χ1) is 12.1. The molecule has 2 N–H and O–H groups in total. The fourth-order valence-electron chi connectivity index (χ4n) is 2.22. The number of nitrogens with one attached hydrogen (secondary N) is 2. The van der Waals surface area contributed by atoms with Crippen molar-refractivity contribution in [3.63, 3.8) is 0 Å². The van der Waals surface area contributed by atoms with Crippen LogP contribution in [-0.2, 0) is 9.59 Å². The van der Waals surface area contributed by atoms with Crippen molar-refractivity contribution in [3.05, 3.63) is 49.3 Å². The third-order valence-electron chi connectivity index (χ3n) is 3.50. The number of anilines is 2. The third-order valence-corrected chi connectivity index (χ3v) is 3.79. The average Bonchev–Trinajstić information content (AvgIpc) is 2.63. The van der Waals surface area contributed by atoms with Crippen molar-refractivity contribution < 1.29 is 9.59 Å². The highest BCUT2D eigenvalue weighted by Crippen LogP contribution is 2.19. The SMILES string of the molecule is C=CN(/C=C\C)c1ccc(NC(=O)CCCCCNC(=O)CS)cc1. The summed E-state index contributed by atoms with van der Waals surface area (Å²) in [5.74, 6) is 0.149. The number of thiol groups is 1. The number of unbranched alkanes of at least 4 members (excludes halogenated alkanes) is 2. The molecule has 0 spiro atoms. The Kier molecular flexibility index (Phi) is 10.2. The number of amides is 2. The predicted molar refractivity (Wildman–Crippen MR) is 108 cm³/mol. The minimum atomic E-state index is -0.0611. The summed E-state index contributed by atoms with van der Waals surface area (Å²) in [6.07, 6.45) is 8.61. The second-order valence-electron chi connectivity index (χ2n) is 5.49. The molecule has 0 aromatic heterocycles. The van der Waals surface area contributed by atoms with Gasteiger partial charge in [0.15, 0.2) is 0 Å². The van der Waals surface area contributed by atoms with Gasteiger partial charge in [-0.05, 0) is 44.0 Å². The van der Waals surface area contributed by atoms with Gasteiger partial charge < -0.3 is 15.5 Å². The van der Waals surface area contributed by atoms with Crippen molar-refractivity contribution in [2.75, 3.05) is 22.5 Å². The first-order valence-electron chi connectivity index (χ1n) is 8.42. The molecule has 1 rings (SSSR count). The Bertz CT molecular complexity index is 585. The first kappa shape index (κ1) is 20.8. The van der Waals surface area contributed by atoms with Crippen LogP contribution in [0.4, 0.5) is 11.4 Å². The van der Waals surface area contributed by atoms with E-state index in [0.717, 1.165) is 30.6 Å². The lowest BCUT2D eigenvalue weighted by Gasteiger charge is -2.15. The van der Waals surface area contributed by atoms with Crippen molar-refractivity contribution in [3.8, 4) is 0 Å². The molecule has 0 saturated heterocycles. The van der Waals surface area contributed by atoms with E-state index >= 15 is 0 Å². The fraction of sp³-hybridized carbons (Fsp3) is 0.368. The molecule has 1 aromatic rings. The monoisotopic (exact) mass is 361 g/mol. The van der Waals surface area contributed by atoms with E-state index in [4.69, 9.17) is 0 Å². The highest BCUT2D eigenvalue weighted by Gasteiger charge is 2.04. The largest absolute Gasteiger partial charge is 0.355 e. The third kappa shape index (κ3) is 8.44. The Hall–Kier alpha value is -2.21. The number of hydrogen-bond acceptors (Lipinski definition) is 4. The number of hydrogen-bond donors (Lipinski definition) is 3. The first-order valence-corrected chi connectivity index (χ1v) is 9.05. The molecule has 2 amide bonds. The molecule has 136 valence electrons. The van der Waals surface area contributed by atoms with E-state index in [1.807, 2.05) is 48.4 Å². The van der Waals surface area contributed by atoms with Gasteiger partial charge in [-0.3, -0.25) is 9.59 Å². The van der Waals surface area contributed by atoms with Gasteiger partial charge in [-0.1, -0.05) is 19.1 Å². The van der Waals surface area contributed by atoms with Crippen LogP contribution in [0.1, 0.15) is 32.6 Å². The summed E-state index contributed by atoms with van der Waals surface area (Å²) in [4.78, 5) is 24.9. The summed E-state index contributed by atoms with van der Waals surface area (Å²) in [6, 6.07) is 7.61. The minimum Gasteiger partial charge on any atom is -0.355 e. The number of rotatable bonds is 11. The Morgan fingerprint density at radius 3 is 2.48 bits per heavy atom. The van der Waals surface area contributed by atoms with Gasteiger partial charge in [0.25, 0.3) is 0 Å². The second-order valence-corrected chi connectivity index (χ2v) is 5.80. The molecule has 0 unspecified atom stereocenters. The zero-order valence-corrected chi connectivity index (χ0v) is 15.6. The topological polar surface area (TPSA) is 61.4 Å². The molecule has 5 nitrogen and oxygen atoms in total. The molecule has 0 bridgehead atoms. The number of carbonyl (C=O) groups excluding carboxylic acids is 2. The van der Waals surface area contributed by atoms with Gasteiger partial charge in [0.2, 0.25) is 11.8 Å².